The zero-order chi connectivity index (χ0) is 17.8. The number of hydrogen-bond donors (Lipinski definition) is 1. The fraction of sp³-hybridized carbons (Fsp3) is 0.474. The van der Waals surface area contributed by atoms with Crippen LogP contribution in [0.25, 0.3) is 0 Å². The van der Waals surface area contributed by atoms with Gasteiger partial charge in [-0.25, -0.2) is 0 Å². The minimum absolute atomic E-state index is 0.0354. The molecule has 0 saturated heterocycles. The van der Waals surface area contributed by atoms with E-state index in [0.717, 1.165) is 53.5 Å². The van der Waals surface area contributed by atoms with Crippen LogP contribution in [-0.2, 0) is 17.8 Å². The number of carbonyl (C=O) groups excluding carboxylic acids is 1. The van der Waals surface area contributed by atoms with E-state index in [0.29, 0.717) is 13.2 Å². The first-order chi connectivity index (χ1) is 12.1. The number of amides is 1. The van der Waals surface area contributed by atoms with Crippen LogP contribution in [0.4, 0.5) is 0 Å². The molecule has 2 aromatic rings. The van der Waals surface area contributed by atoms with Crippen LogP contribution >= 0.6 is 11.6 Å². The molecule has 25 heavy (non-hydrogen) atoms. The number of ether oxygens (including phenoxy) is 1. The van der Waals surface area contributed by atoms with Crippen LogP contribution in [0.2, 0.25) is 5.02 Å². The topological polar surface area (TPSA) is 56.2 Å². The summed E-state index contributed by atoms with van der Waals surface area (Å²) in [5.74, 6) is 0.970. The Hall–Kier alpha value is -2.01. The molecule has 0 bridgehead atoms. The van der Waals surface area contributed by atoms with Gasteiger partial charge in [-0.3, -0.25) is 9.48 Å². The average molecular weight is 362 g/mol. The lowest BCUT2D eigenvalue weighted by Crippen LogP contribution is -2.33. The van der Waals surface area contributed by atoms with Gasteiger partial charge in [0.25, 0.3) is 0 Å². The quantitative estimate of drug-likeness (QED) is 0.831. The SMILES string of the molecule is Cc1nn(CCCNC(=O)C2CCOc3ccccc3C2)c(C)c1Cl. The van der Waals surface area contributed by atoms with E-state index in [1.165, 1.54) is 0 Å². The van der Waals surface area contributed by atoms with E-state index < -0.39 is 0 Å². The summed E-state index contributed by atoms with van der Waals surface area (Å²) in [4.78, 5) is 12.5. The van der Waals surface area contributed by atoms with Crippen molar-refractivity contribution in [1.29, 1.82) is 0 Å². The number of carbonyl (C=O) groups is 1. The smallest absolute Gasteiger partial charge is 0.223 e. The molecule has 0 aliphatic carbocycles. The van der Waals surface area contributed by atoms with Gasteiger partial charge in [-0.05, 0) is 44.7 Å². The summed E-state index contributed by atoms with van der Waals surface area (Å²) in [6.45, 7) is 5.83. The second-order valence-electron chi connectivity index (χ2n) is 6.50. The van der Waals surface area contributed by atoms with Gasteiger partial charge >= 0.3 is 0 Å². The van der Waals surface area contributed by atoms with Gasteiger partial charge < -0.3 is 10.1 Å². The molecule has 1 aliphatic rings. The fourth-order valence-corrected chi connectivity index (χ4v) is 3.33. The highest BCUT2D eigenvalue weighted by Gasteiger charge is 2.23. The number of para-hydroxylation sites is 1. The van der Waals surface area contributed by atoms with E-state index in [-0.39, 0.29) is 11.8 Å². The molecular weight excluding hydrogens is 338 g/mol. The van der Waals surface area contributed by atoms with Crippen molar-refractivity contribution in [1.82, 2.24) is 15.1 Å². The molecule has 0 spiro atoms. The monoisotopic (exact) mass is 361 g/mol. The second-order valence-corrected chi connectivity index (χ2v) is 6.88. The first-order valence-corrected chi connectivity index (χ1v) is 9.12. The third-order valence-corrected chi connectivity index (χ3v) is 5.22. The summed E-state index contributed by atoms with van der Waals surface area (Å²) in [5, 5.41) is 8.19. The number of fused-ring (bicyclic) bond motifs is 1. The number of nitrogens with one attached hydrogen (secondary N) is 1. The van der Waals surface area contributed by atoms with E-state index >= 15 is 0 Å². The molecule has 6 heteroatoms. The van der Waals surface area contributed by atoms with Gasteiger partial charge in [0.1, 0.15) is 5.75 Å². The number of aromatic nitrogens is 2. The Kier molecular flexibility index (Phi) is 5.63. The van der Waals surface area contributed by atoms with Crippen molar-refractivity contribution in [2.75, 3.05) is 13.2 Å². The van der Waals surface area contributed by atoms with Crippen LogP contribution in [0.3, 0.4) is 0 Å². The minimum atomic E-state index is -0.0354. The Morgan fingerprint density at radius 3 is 2.96 bits per heavy atom. The predicted octanol–water partition coefficient (Wildman–Crippen LogP) is 3.30. The van der Waals surface area contributed by atoms with Gasteiger partial charge in [-0.15, -0.1) is 0 Å². The maximum absolute atomic E-state index is 12.5. The zero-order valence-electron chi connectivity index (χ0n) is 14.7. The third-order valence-electron chi connectivity index (χ3n) is 4.67. The Bertz CT molecular complexity index is 757. The van der Waals surface area contributed by atoms with Gasteiger partial charge in [-0.1, -0.05) is 29.8 Å². The van der Waals surface area contributed by atoms with Crippen molar-refractivity contribution in [3.63, 3.8) is 0 Å². The molecule has 0 fully saturated rings. The molecule has 1 unspecified atom stereocenters. The van der Waals surface area contributed by atoms with Crippen molar-refractivity contribution >= 4 is 17.5 Å². The first-order valence-electron chi connectivity index (χ1n) is 8.74. The number of benzene rings is 1. The van der Waals surface area contributed by atoms with E-state index in [1.807, 2.05) is 42.8 Å². The number of rotatable bonds is 5. The molecule has 2 heterocycles. The molecule has 0 radical (unpaired) electrons. The van der Waals surface area contributed by atoms with Gasteiger partial charge in [-0.2, -0.15) is 5.10 Å². The Morgan fingerprint density at radius 1 is 1.40 bits per heavy atom. The largest absolute Gasteiger partial charge is 0.493 e. The van der Waals surface area contributed by atoms with Gasteiger partial charge in [0.2, 0.25) is 5.91 Å². The highest BCUT2D eigenvalue weighted by Crippen LogP contribution is 2.26. The number of aryl methyl sites for hydroxylation is 2. The zero-order valence-corrected chi connectivity index (χ0v) is 15.5. The summed E-state index contributed by atoms with van der Waals surface area (Å²) in [6, 6.07) is 7.95. The van der Waals surface area contributed by atoms with Crippen LogP contribution in [0, 0.1) is 19.8 Å². The number of nitrogens with zero attached hydrogens (tertiary/aromatic N) is 2. The van der Waals surface area contributed by atoms with Crippen molar-refractivity contribution < 1.29 is 9.53 Å². The van der Waals surface area contributed by atoms with Crippen molar-refractivity contribution in [2.45, 2.75) is 39.7 Å². The fourth-order valence-electron chi connectivity index (χ4n) is 3.19. The third kappa shape index (κ3) is 4.15. The lowest BCUT2D eigenvalue weighted by atomic mass is 9.96. The molecule has 3 rings (SSSR count). The van der Waals surface area contributed by atoms with Gasteiger partial charge in [0.15, 0.2) is 0 Å². The molecule has 1 aromatic heterocycles. The normalized spacial score (nSPS) is 16.7. The average Bonchev–Trinajstić information content (AvgIpc) is 2.80. The number of hydrogen-bond acceptors (Lipinski definition) is 3. The molecule has 134 valence electrons. The van der Waals surface area contributed by atoms with Crippen molar-refractivity contribution in [2.24, 2.45) is 5.92 Å². The van der Waals surface area contributed by atoms with Gasteiger partial charge in [0, 0.05) is 19.0 Å². The lowest BCUT2D eigenvalue weighted by molar-refractivity contribution is -0.125. The standard InChI is InChI=1S/C19H24ClN3O2/c1-13-18(20)14(2)23(22-13)10-5-9-21-19(24)16-8-11-25-17-7-4-3-6-15(17)12-16/h3-4,6-7,16H,5,8-12H2,1-2H3,(H,21,24). The van der Waals surface area contributed by atoms with Crippen LogP contribution < -0.4 is 10.1 Å². The van der Waals surface area contributed by atoms with Crippen LogP contribution in [0.15, 0.2) is 24.3 Å². The van der Waals surface area contributed by atoms with Crippen LogP contribution in [-0.4, -0.2) is 28.8 Å². The summed E-state index contributed by atoms with van der Waals surface area (Å²) >= 11 is 6.15. The van der Waals surface area contributed by atoms with E-state index in [9.17, 15) is 4.79 Å². The molecule has 1 N–H and O–H groups in total. The van der Waals surface area contributed by atoms with Crippen LogP contribution in [0.1, 0.15) is 29.8 Å². The van der Waals surface area contributed by atoms with Gasteiger partial charge in [0.05, 0.1) is 23.0 Å². The van der Waals surface area contributed by atoms with Crippen molar-refractivity contribution in [3.8, 4) is 5.75 Å². The Balaban J connectivity index is 1.48. The summed E-state index contributed by atoms with van der Waals surface area (Å²) in [7, 11) is 0. The highest BCUT2D eigenvalue weighted by atomic mass is 35.5. The first kappa shape index (κ1) is 17.8. The van der Waals surface area contributed by atoms with E-state index in [4.69, 9.17) is 16.3 Å². The maximum atomic E-state index is 12.5. The molecular formula is C19H24ClN3O2. The molecule has 1 aliphatic heterocycles. The molecule has 1 atom stereocenters. The Morgan fingerprint density at radius 2 is 2.20 bits per heavy atom. The molecule has 1 amide bonds. The number of halogens is 1. The molecule has 5 nitrogen and oxygen atoms in total. The van der Waals surface area contributed by atoms with Crippen LogP contribution in [0.5, 0.6) is 5.75 Å². The Labute approximate surface area is 153 Å². The maximum Gasteiger partial charge on any atom is 0.223 e. The summed E-state index contributed by atoms with van der Waals surface area (Å²) in [6.07, 6.45) is 2.30. The second kappa shape index (κ2) is 7.91. The summed E-state index contributed by atoms with van der Waals surface area (Å²) in [5.41, 5.74) is 2.93. The molecule has 0 saturated carbocycles. The summed E-state index contributed by atoms with van der Waals surface area (Å²) < 4.78 is 7.64. The molecule has 1 aromatic carbocycles. The predicted molar refractivity (Wildman–Crippen MR) is 98.1 cm³/mol. The van der Waals surface area contributed by atoms with Crippen molar-refractivity contribution in [3.05, 3.63) is 46.2 Å². The van der Waals surface area contributed by atoms with E-state index in [1.54, 1.807) is 0 Å². The highest BCUT2D eigenvalue weighted by molar-refractivity contribution is 6.31. The minimum Gasteiger partial charge on any atom is -0.493 e. The van der Waals surface area contributed by atoms with E-state index in [2.05, 4.69) is 10.4 Å². The lowest BCUT2D eigenvalue weighted by Gasteiger charge is -2.14.